The Morgan fingerprint density at radius 1 is 1.10 bits per heavy atom. The maximum absolute atomic E-state index is 12.5. The van der Waals surface area contributed by atoms with E-state index in [2.05, 4.69) is 10.1 Å². The van der Waals surface area contributed by atoms with E-state index in [9.17, 15) is 22.0 Å². The van der Waals surface area contributed by atoms with Crippen LogP contribution in [0.4, 0.5) is 8.78 Å². The molecule has 1 N–H and O–H groups in total. The van der Waals surface area contributed by atoms with Gasteiger partial charge in [-0.25, -0.2) is 8.42 Å². The molecular formula is C21H26F2N2O5S. The van der Waals surface area contributed by atoms with Crippen LogP contribution in [-0.2, 0) is 16.4 Å². The van der Waals surface area contributed by atoms with E-state index in [1.807, 2.05) is 0 Å². The molecule has 0 saturated carbocycles. The summed E-state index contributed by atoms with van der Waals surface area (Å²) < 4.78 is 60.7. The van der Waals surface area contributed by atoms with Gasteiger partial charge >= 0.3 is 6.61 Å². The molecule has 0 bridgehead atoms. The molecule has 0 aromatic heterocycles. The van der Waals surface area contributed by atoms with E-state index < -0.39 is 16.6 Å². The van der Waals surface area contributed by atoms with E-state index >= 15 is 0 Å². The van der Waals surface area contributed by atoms with Gasteiger partial charge in [-0.3, -0.25) is 4.79 Å². The maximum atomic E-state index is 12.5. The summed E-state index contributed by atoms with van der Waals surface area (Å²) in [4.78, 5) is 12.4. The summed E-state index contributed by atoms with van der Waals surface area (Å²) >= 11 is 0. The lowest BCUT2D eigenvalue weighted by Crippen LogP contribution is -2.33. The number of halogens is 2. The maximum Gasteiger partial charge on any atom is 0.387 e. The highest BCUT2D eigenvalue weighted by Gasteiger charge is 2.23. The first-order chi connectivity index (χ1) is 14.6. The van der Waals surface area contributed by atoms with E-state index in [0.29, 0.717) is 17.5 Å². The summed E-state index contributed by atoms with van der Waals surface area (Å²) in [6.45, 7) is 0.807. The smallest absolute Gasteiger partial charge is 0.387 e. The molecule has 0 atom stereocenters. The summed E-state index contributed by atoms with van der Waals surface area (Å²) in [6.07, 6.45) is 0.376. The van der Waals surface area contributed by atoms with Gasteiger partial charge in [-0.05, 0) is 62.2 Å². The van der Waals surface area contributed by atoms with Crippen molar-refractivity contribution >= 4 is 15.9 Å². The van der Waals surface area contributed by atoms with Gasteiger partial charge < -0.3 is 14.8 Å². The molecule has 0 radical (unpaired) electrons. The summed E-state index contributed by atoms with van der Waals surface area (Å²) in [6, 6.07) is 10.1. The predicted molar refractivity (Wildman–Crippen MR) is 112 cm³/mol. The van der Waals surface area contributed by atoms with Gasteiger partial charge in [0.1, 0.15) is 0 Å². The Labute approximate surface area is 181 Å². The fourth-order valence-electron chi connectivity index (χ4n) is 2.71. The monoisotopic (exact) mass is 456 g/mol. The van der Waals surface area contributed by atoms with Crippen LogP contribution in [0.15, 0.2) is 47.4 Å². The topological polar surface area (TPSA) is 84.9 Å². The average molecular weight is 457 g/mol. The zero-order valence-corrected chi connectivity index (χ0v) is 18.6. The molecule has 0 saturated heterocycles. The Morgan fingerprint density at radius 2 is 1.74 bits per heavy atom. The quantitative estimate of drug-likeness (QED) is 0.593. The second-order valence-corrected chi connectivity index (χ2v) is 9.01. The molecule has 0 fully saturated rings. The van der Waals surface area contributed by atoms with Crippen LogP contribution >= 0.6 is 0 Å². The summed E-state index contributed by atoms with van der Waals surface area (Å²) in [5, 5.41) is 2.72. The fourth-order valence-corrected chi connectivity index (χ4v) is 4.08. The van der Waals surface area contributed by atoms with Gasteiger partial charge in [0.2, 0.25) is 10.0 Å². The molecule has 0 unspecified atom stereocenters. The standard InChI is InChI=1S/C21H26F2N2O5S/c1-14(2)25(3)31(27,28)17-8-6-16(7-9-17)20(26)24-12-11-15-5-10-18(29-4)19(13-15)30-21(22)23/h5-10,13-14,21H,11-12H2,1-4H3,(H,24,26). The Balaban J connectivity index is 1.99. The van der Waals surface area contributed by atoms with Crippen molar-refractivity contribution in [2.45, 2.75) is 37.8 Å². The van der Waals surface area contributed by atoms with Crippen LogP contribution < -0.4 is 14.8 Å². The highest BCUT2D eigenvalue weighted by Crippen LogP contribution is 2.29. The van der Waals surface area contributed by atoms with Gasteiger partial charge in [0, 0.05) is 25.2 Å². The van der Waals surface area contributed by atoms with E-state index in [1.165, 1.54) is 54.9 Å². The molecule has 10 heteroatoms. The average Bonchev–Trinajstić information content (AvgIpc) is 2.72. The van der Waals surface area contributed by atoms with Crippen LogP contribution in [0.25, 0.3) is 0 Å². The highest BCUT2D eigenvalue weighted by molar-refractivity contribution is 7.89. The lowest BCUT2D eigenvalue weighted by Gasteiger charge is -2.21. The molecule has 2 rings (SSSR count). The van der Waals surface area contributed by atoms with Crippen molar-refractivity contribution in [2.75, 3.05) is 20.7 Å². The minimum Gasteiger partial charge on any atom is -0.493 e. The normalized spacial score (nSPS) is 11.8. The molecule has 0 aliphatic carbocycles. The zero-order chi connectivity index (χ0) is 23.2. The van der Waals surface area contributed by atoms with Crippen LogP contribution in [0.1, 0.15) is 29.8 Å². The van der Waals surface area contributed by atoms with Gasteiger partial charge in [-0.15, -0.1) is 0 Å². The van der Waals surface area contributed by atoms with E-state index in [-0.39, 0.29) is 34.9 Å². The molecule has 0 aliphatic rings. The Morgan fingerprint density at radius 3 is 2.29 bits per heavy atom. The Bertz CT molecular complexity index is 995. The first-order valence-electron chi connectivity index (χ1n) is 9.54. The second kappa shape index (κ2) is 10.5. The van der Waals surface area contributed by atoms with Crippen molar-refractivity contribution in [3.63, 3.8) is 0 Å². The second-order valence-electron chi connectivity index (χ2n) is 7.01. The van der Waals surface area contributed by atoms with Crippen molar-refractivity contribution < 1.29 is 31.5 Å². The van der Waals surface area contributed by atoms with Crippen molar-refractivity contribution in [3.8, 4) is 11.5 Å². The van der Waals surface area contributed by atoms with Crippen LogP contribution in [0, 0.1) is 0 Å². The van der Waals surface area contributed by atoms with Crippen LogP contribution in [-0.4, -0.2) is 52.0 Å². The number of carbonyl (C=O) groups excluding carboxylic acids is 1. The third-order valence-electron chi connectivity index (χ3n) is 4.66. The van der Waals surface area contributed by atoms with Crippen molar-refractivity contribution in [1.29, 1.82) is 0 Å². The van der Waals surface area contributed by atoms with Gasteiger partial charge in [0.15, 0.2) is 11.5 Å². The molecule has 0 aliphatic heterocycles. The van der Waals surface area contributed by atoms with E-state index in [0.717, 1.165) is 0 Å². The summed E-state index contributed by atoms with van der Waals surface area (Å²) in [5.41, 5.74) is 0.984. The summed E-state index contributed by atoms with van der Waals surface area (Å²) in [5.74, 6) is -0.269. The number of hydrogen-bond acceptors (Lipinski definition) is 5. The van der Waals surface area contributed by atoms with Crippen molar-refractivity contribution in [1.82, 2.24) is 9.62 Å². The summed E-state index contributed by atoms with van der Waals surface area (Å²) in [7, 11) is -0.776. The van der Waals surface area contributed by atoms with Gasteiger partial charge in [-0.2, -0.15) is 13.1 Å². The number of alkyl halides is 2. The number of nitrogens with zero attached hydrogens (tertiary/aromatic N) is 1. The van der Waals surface area contributed by atoms with Crippen molar-refractivity contribution in [2.24, 2.45) is 0 Å². The molecule has 0 heterocycles. The third-order valence-corrected chi connectivity index (χ3v) is 6.71. The number of benzene rings is 2. The van der Waals surface area contributed by atoms with Crippen LogP contribution in [0.3, 0.4) is 0 Å². The highest BCUT2D eigenvalue weighted by atomic mass is 32.2. The zero-order valence-electron chi connectivity index (χ0n) is 17.8. The SMILES string of the molecule is COc1ccc(CCNC(=O)c2ccc(S(=O)(=O)N(C)C(C)C)cc2)cc1OC(F)F. The number of ether oxygens (including phenoxy) is 2. The molecule has 31 heavy (non-hydrogen) atoms. The number of hydrogen-bond donors (Lipinski definition) is 1. The minimum atomic E-state index is -3.63. The van der Waals surface area contributed by atoms with Crippen LogP contribution in [0.2, 0.25) is 0 Å². The van der Waals surface area contributed by atoms with Gasteiger partial charge in [0.05, 0.1) is 12.0 Å². The number of amides is 1. The Kier molecular flexibility index (Phi) is 8.35. The number of nitrogens with one attached hydrogen (secondary N) is 1. The number of methoxy groups -OCH3 is 1. The molecule has 0 spiro atoms. The third kappa shape index (κ3) is 6.38. The lowest BCUT2D eigenvalue weighted by atomic mass is 10.1. The predicted octanol–water partition coefficient (Wildman–Crippen LogP) is 3.30. The molecule has 170 valence electrons. The number of rotatable bonds is 10. The number of sulfonamides is 1. The van der Waals surface area contributed by atoms with Gasteiger partial charge in [-0.1, -0.05) is 6.07 Å². The fraction of sp³-hybridized carbons (Fsp3) is 0.381. The Hall–Kier alpha value is -2.72. The number of carbonyl (C=O) groups is 1. The largest absolute Gasteiger partial charge is 0.493 e. The molecule has 2 aromatic rings. The first kappa shape index (κ1) is 24.5. The first-order valence-corrected chi connectivity index (χ1v) is 11.0. The molecule has 2 aromatic carbocycles. The lowest BCUT2D eigenvalue weighted by molar-refractivity contribution is -0.0512. The van der Waals surface area contributed by atoms with E-state index in [1.54, 1.807) is 19.9 Å². The van der Waals surface area contributed by atoms with Crippen LogP contribution in [0.5, 0.6) is 11.5 Å². The molecule has 7 nitrogen and oxygen atoms in total. The molecule has 1 amide bonds. The van der Waals surface area contributed by atoms with Crippen molar-refractivity contribution in [3.05, 3.63) is 53.6 Å². The van der Waals surface area contributed by atoms with Gasteiger partial charge in [0.25, 0.3) is 5.91 Å². The minimum absolute atomic E-state index is 0.0792. The molecular weight excluding hydrogens is 430 g/mol. The van der Waals surface area contributed by atoms with E-state index in [4.69, 9.17) is 4.74 Å².